The van der Waals surface area contributed by atoms with Crippen molar-refractivity contribution in [2.24, 2.45) is 11.8 Å². The van der Waals surface area contributed by atoms with E-state index in [1.165, 1.54) is 0 Å². The average Bonchev–Trinajstić information content (AvgIpc) is 2.26. The highest BCUT2D eigenvalue weighted by Crippen LogP contribution is 2.49. The van der Waals surface area contributed by atoms with Gasteiger partial charge in [0.25, 0.3) is 0 Å². The fourth-order valence-corrected chi connectivity index (χ4v) is 2.41. The molecule has 2 fully saturated rings. The van der Waals surface area contributed by atoms with E-state index in [2.05, 4.69) is 22.6 Å². The van der Waals surface area contributed by atoms with Crippen molar-refractivity contribution in [3.05, 3.63) is 0 Å². The zero-order chi connectivity index (χ0) is 4.85. The van der Waals surface area contributed by atoms with Gasteiger partial charge in [-0.1, -0.05) is 22.6 Å². The molecule has 7 heavy (non-hydrogen) atoms. The van der Waals surface area contributed by atoms with E-state index in [1.54, 1.807) is 0 Å². The van der Waals surface area contributed by atoms with E-state index in [4.69, 9.17) is 4.74 Å². The number of halogens is 1. The summed E-state index contributed by atoms with van der Waals surface area (Å²) < 4.78 is 6.14. The lowest BCUT2D eigenvalue weighted by molar-refractivity contribution is 0.168. The van der Waals surface area contributed by atoms with Gasteiger partial charge in [0, 0.05) is 15.8 Å². The molecule has 0 radical (unpaired) electrons. The second kappa shape index (κ2) is 1.35. The summed E-state index contributed by atoms with van der Waals surface area (Å²) in [5.41, 5.74) is 0. The molecular weight excluding hydrogens is 203 g/mol. The molecular formula is C5H7IO. The first-order chi connectivity index (χ1) is 3.39. The lowest BCUT2D eigenvalue weighted by atomic mass is 10.4. The molecule has 0 spiro atoms. The van der Waals surface area contributed by atoms with Gasteiger partial charge >= 0.3 is 0 Å². The van der Waals surface area contributed by atoms with Gasteiger partial charge in [-0.3, -0.25) is 0 Å². The molecule has 40 valence electrons. The molecule has 1 aliphatic heterocycles. The van der Waals surface area contributed by atoms with Crippen LogP contribution in [0.3, 0.4) is 0 Å². The van der Waals surface area contributed by atoms with E-state index in [0.29, 0.717) is 0 Å². The Morgan fingerprint density at radius 3 is 2.14 bits per heavy atom. The zero-order valence-electron chi connectivity index (χ0n) is 3.93. The van der Waals surface area contributed by atoms with Crippen LogP contribution in [0.25, 0.3) is 0 Å². The Morgan fingerprint density at radius 2 is 1.86 bits per heavy atom. The summed E-state index contributed by atoms with van der Waals surface area (Å²) in [6.45, 7) is 2.08. The SMILES string of the molecule is IC1C2COCC12. The van der Waals surface area contributed by atoms with Crippen molar-refractivity contribution in [3.8, 4) is 0 Å². The molecule has 0 amide bonds. The lowest BCUT2D eigenvalue weighted by Crippen LogP contribution is -1.94. The number of fused-ring (bicyclic) bond motifs is 1. The van der Waals surface area contributed by atoms with Crippen LogP contribution in [0.5, 0.6) is 0 Å². The van der Waals surface area contributed by atoms with E-state index in [1.807, 2.05) is 0 Å². The monoisotopic (exact) mass is 210 g/mol. The normalized spacial score (nSPS) is 57.0. The summed E-state index contributed by atoms with van der Waals surface area (Å²) in [4.78, 5) is 0. The van der Waals surface area contributed by atoms with E-state index >= 15 is 0 Å². The summed E-state index contributed by atoms with van der Waals surface area (Å²) in [7, 11) is 0. The number of rotatable bonds is 0. The van der Waals surface area contributed by atoms with Crippen LogP contribution in [0.15, 0.2) is 0 Å². The number of hydrogen-bond donors (Lipinski definition) is 0. The summed E-state index contributed by atoms with van der Waals surface area (Å²) in [5.74, 6) is 1.89. The standard InChI is InChI=1S/C5H7IO/c6-5-3-1-7-2-4(3)5/h3-5H,1-2H2. The number of ether oxygens (including phenoxy) is 1. The van der Waals surface area contributed by atoms with E-state index in [9.17, 15) is 0 Å². The van der Waals surface area contributed by atoms with Gasteiger partial charge in [-0.25, -0.2) is 0 Å². The molecule has 0 N–H and O–H groups in total. The molecule has 2 aliphatic rings. The molecule has 1 saturated heterocycles. The Hall–Kier alpha value is 0.690. The van der Waals surface area contributed by atoms with Crippen molar-refractivity contribution in [3.63, 3.8) is 0 Å². The quantitative estimate of drug-likeness (QED) is 0.429. The molecule has 0 aromatic heterocycles. The Morgan fingerprint density at radius 1 is 1.29 bits per heavy atom. The maximum atomic E-state index is 5.17. The molecule has 2 unspecified atom stereocenters. The highest BCUT2D eigenvalue weighted by atomic mass is 127. The van der Waals surface area contributed by atoms with Gasteiger partial charge in [-0.15, -0.1) is 0 Å². The van der Waals surface area contributed by atoms with Gasteiger partial charge in [-0.2, -0.15) is 0 Å². The van der Waals surface area contributed by atoms with Gasteiger partial charge in [0.2, 0.25) is 0 Å². The number of alkyl halides is 1. The maximum absolute atomic E-state index is 5.17. The molecule has 0 aromatic carbocycles. The molecule has 1 nitrogen and oxygen atoms in total. The smallest absolute Gasteiger partial charge is 0.0508 e. The second-order valence-corrected chi connectivity index (χ2v) is 3.75. The highest BCUT2D eigenvalue weighted by Gasteiger charge is 2.52. The largest absolute Gasteiger partial charge is 0.381 e. The van der Waals surface area contributed by atoms with Crippen LogP contribution >= 0.6 is 22.6 Å². The van der Waals surface area contributed by atoms with Crippen LogP contribution in [0.4, 0.5) is 0 Å². The van der Waals surface area contributed by atoms with Crippen molar-refractivity contribution in [2.75, 3.05) is 13.2 Å². The molecule has 0 bridgehead atoms. The molecule has 1 aliphatic carbocycles. The maximum Gasteiger partial charge on any atom is 0.0508 e. The van der Waals surface area contributed by atoms with Crippen molar-refractivity contribution in [1.82, 2.24) is 0 Å². The third-order valence-electron chi connectivity index (χ3n) is 1.85. The predicted octanol–water partition coefficient (Wildman–Crippen LogP) is 1.07. The van der Waals surface area contributed by atoms with Crippen LogP contribution in [0, 0.1) is 11.8 Å². The molecule has 2 rings (SSSR count). The molecule has 1 heterocycles. The van der Waals surface area contributed by atoms with Gasteiger partial charge in [-0.05, 0) is 0 Å². The van der Waals surface area contributed by atoms with Crippen molar-refractivity contribution in [2.45, 2.75) is 3.92 Å². The molecule has 0 aromatic rings. The fraction of sp³-hybridized carbons (Fsp3) is 1.00. The molecule has 2 heteroatoms. The summed E-state index contributed by atoms with van der Waals surface area (Å²) in [6.07, 6.45) is 0. The van der Waals surface area contributed by atoms with Crippen molar-refractivity contribution in [1.29, 1.82) is 0 Å². The Kier molecular flexibility index (Phi) is 0.876. The third-order valence-corrected chi connectivity index (χ3v) is 3.70. The first kappa shape index (κ1) is 4.56. The number of hydrogen-bond acceptors (Lipinski definition) is 1. The van der Waals surface area contributed by atoms with E-state index in [0.717, 1.165) is 29.0 Å². The van der Waals surface area contributed by atoms with Gasteiger partial charge < -0.3 is 4.74 Å². The third kappa shape index (κ3) is 0.528. The second-order valence-electron chi connectivity index (χ2n) is 2.31. The van der Waals surface area contributed by atoms with Crippen LogP contribution in [-0.4, -0.2) is 17.1 Å². The Labute approximate surface area is 56.6 Å². The molecule has 1 saturated carbocycles. The zero-order valence-corrected chi connectivity index (χ0v) is 6.09. The van der Waals surface area contributed by atoms with Gasteiger partial charge in [0.15, 0.2) is 0 Å². The minimum absolute atomic E-state index is 0.945. The summed E-state index contributed by atoms with van der Waals surface area (Å²) in [6, 6.07) is 0. The first-order valence-electron chi connectivity index (χ1n) is 2.61. The first-order valence-corrected chi connectivity index (χ1v) is 3.86. The van der Waals surface area contributed by atoms with E-state index < -0.39 is 0 Å². The van der Waals surface area contributed by atoms with Crippen molar-refractivity contribution >= 4 is 22.6 Å². The van der Waals surface area contributed by atoms with Crippen LogP contribution in [-0.2, 0) is 4.74 Å². The van der Waals surface area contributed by atoms with Gasteiger partial charge in [0.1, 0.15) is 0 Å². The van der Waals surface area contributed by atoms with Crippen LogP contribution < -0.4 is 0 Å². The minimum Gasteiger partial charge on any atom is -0.381 e. The van der Waals surface area contributed by atoms with Gasteiger partial charge in [0.05, 0.1) is 13.2 Å². The van der Waals surface area contributed by atoms with E-state index in [-0.39, 0.29) is 0 Å². The molecule has 2 atom stereocenters. The Balaban J connectivity index is 2.06. The summed E-state index contributed by atoms with van der Waals surface area (Å²) >= 11 is 2.51. The Bertz CT molecular complexity index is 84.1. The summed E-state index contributed by atoms with van der Waals surface area (Å²) in [5, 5.41) is 0. The average molecular weight is 210 g/mol. The van der Waals surface area contributed by atoms with Crippen LogP contribution in [0.1, 0.15) is 0 Å². The topological polar surface area (TPSA) is 9.23 Å². The minimum atomic E-state index is 0.945. The predicted molar refractivity (Wildman–Crippen MR) is 35.6 cm³/mol. The highest BCUT2D eigenvalue weighted by molar-refractivity contribution is 14.1. The fourth-order valence-electron chi connectivity index (χ4n) is 1.17. The van der Waals surface area contributed by atoms with Crippen molar-refractivity contribution < 1.29 is 4.74 Å². The lowest BCUT2D eigenvalue weighted by Gasteiger charge is -1.92. The van der Waals surface area contributed by atoms with Crippen LogP contribution in [0.2, 0.25) is 0 Å².